The second-order valence-electron chi connectivity index (χ2n) is 6.48. The molecule has 1 saturated heterocycles. The van der Waals surface area contributed by atoms with E-state index >= 15 is 0 Å². The summed E-state index contributed by atoms with van der Waals surface area (Å²) in [6.45, 7) is 3.00. The van der Waals surface area contributed by atoms with E-state index in [1.165, 1.54) is 89.9 Å². The maximum absolute atomic E-state index is 5.54. The van der Waals surface area contributed by atoms with Gasteiger partial charge in [0.25, 0.3) is 0 Å². The van der Waals surface area contributed by atoms with Gasteiger partial charge in [-0.15, -0.1) is 0 Å². The highest BCUT2D eigenvalue weighted by molar-refractivity contribution is 4.84. The average Bonchev–Trinajstić information content (AvgIpc) is 3.22. The summed E-state index contributed by atoms with van der Waals surface area (Å²) in [5.74, 6) is 0. The molecule has 0 aliphatic carbocycles. The lowest BCUT2D eigenvalue weighted by Crippen LogP contribution is -2.09. The molecule has 1 aliphatic rings. The molecule has 120 valence electrons. The van der Waals surface area contributed by atoms with E-state index in [4.69, 9.17) is 10.5 Å². The maximum Gasteiger partial charge on any atom is 0.0963 e. The van der Waals surface area contributed by atoms with Gasteiger partial charge in [-0.25, -0.2) is 0 Å². The Balaban J connectivity index is 1.65. The van der Waals surface area contributed by atoms with Crippen LogP contribution in [0.4, 0.5) is 0 Å². The third-order valence-electron chi connectivity index (χ3n) is 4.51. The van der Waals surface area contributed by atoms with E-state index < -0.39 is 0 Å². The molecule has 20 heavy (non-hydrogen) atoms. The van der Waals surface area contributed by atoms with Crippen molar-refractivity contribution in [3.63, 3.8) is 0 Å². The highest BCUT2D eigenvalue weighted by Crippen LogP contribution is 2.26. The van der Waals surface area contributed by atoms with Crippen LogP contribution in [0.1, 0.15) is 96.8 Å². The maximum atomic E-state index is 5.54. The van der Waals surface area contributed by atoms with Gasteiger partial charge in [-0.05, 0) is 6.42 Å². The molecule has 0 spiro atoms. The Morgan fingerprint density at radius 2 is 1.10 bits per heavy atom. The van der Waals surface area contributed by atoms with Gasteiger partial charge in [0.15, 0.2) is 0 Å². The Bertz CT molecular complexity index is 208. The molecule has 1 aliphatic heterocycles. The van der Waals surface area contributed by atoms with Gasteiger partial charge in [0.2, 0.25) is 0 Å². The summed E-state index contributed by atoms with van der Waals surface area (Å²) >= 11 is 0. The van der Waals surface area contributed by atoms with Crippen LogP contribution in [0.25, 0.3) is 0 Å². The lowest BCUT2D eigenvalue weighted by Gasteiger charge is -2.02. The van der Waals surface area contributed by atoms with Crippen molar-refractivity contribution in [2.75, 3.05) is 6.54 Å². The lowest BCUT2D eigenvalue weighted by molar-refractivity contribution is 0.359. The summed E-state index contributed by atoms with van der Waals surface area (Å²) in [5, 5.41) is 0. The number of hydrogen-bond acceptors (Lipinski definition) is 2. The van der Waals surface area contributed by atoms with E-state index in [-0.39, 0.29) is 0 Å². The lowest BCUT2D eigenvalue weighted by atomic mass is 10.0. The summed E-state index contributed by atoms with van der Waals surface area (Å²) in [4.78, 5) is 0. The highest BCUT2D eigenvalue weighted by atomic mass is 16.6. The van der Waals surface area contributed by atoms with Gasteiger partial charge in [0, 0.05) is 6.54 Å². The fourth-order valence-electron chi connectivity index (χ4n) is 3.00. The first-order chi connectivity index (χ1) is 9.88. The number of hydrogen-bond donors (Lipinski definition) is 1. The Morgan fingerprint density at radius 3 is 1.50 bits per heavy atom. The van der Waals surface area contributed by atoms with Crippen LogP contribution in [0.5, 0.6) is 0 Å². The predicted molar refractivity (Wildman–Crippen MR) is 88.0 cm³/mol. The second kappa shape index (κ2) is 12.6. The number of rotatable bonds is 15. The normalized spacial score (nSPS) is 21.3. The first kappa shape index (κ1) is 18.0. The monoisotopic (exact) mass is 283 g/mol. The minimum absolute atomic E-state index is 0.396. The van der Waals surface area contributed by atoms with Crippen molar-refractivity contribution in [1.29, 1.82) is 0 Å². The van der Waals surface area contributed by atoms with Gasteiger partial charge in [-0.1, -0.05) is 90.4 Å². The Kier molecular flexibility index (Phi) is 11.4. The fourth-order valence-corrected chi connectivity index (χ4v) is 3.00. The first-order valence-electron chi connectivity index (χ1n) is 9.24. The zero-order chi connectivity index (χ0) is 14.5. The first-order valence-corrected chi connectivity index (χ1v) is 9.24. The van der Waals surface area contributed by atoms with Crippen molar-refractivity contribution < 1.29 is 4.74 Å². The fraction of sp³-hybridized carbons (Fsp3) is 1.00. The molecule has 0 saturated carbocycles. The highest BCUT2D eigenvalue weighted by Gasteiger charge is 2.36. The van der Waals surface area contributed by atoms with Crippen LogP contribution in [0, 0.1) is 0 Å². The largest absolute Gasteiger partial charge is 0.368 e. The summed E-state index contributed by atoms with van der Waals surface area (Å²) < 4.78 is 5.45. The van der Waals surface area contributed by atoms with E-state index in [1.807, 2.05) is 0 Å². The number of epoxide rings is 1. The standard InChI is InChI=1S/C18H37NO/c1-2-3-4-5-6-7-8-9-10-11-12-13-14-15-17-18(16-19)20-17/h17-18H,2-16,19H2,1H3. The number of nitrogens with two attached hydrogens (primary N) is 1. The van der Waals surface area contributed by atoms with Crippen molar-refractivity contribution in [2.45, 2.75) is 109 Å². The Labute approximate surface area is 126 Å². The quantitative estimate of drug-likeness (QED) is 0.331. The van der Waals surface area contributed by atoms with Crippen LogP contribution in [-0.4, -0.2) is 18.8 Å². The van der Waals surface area contributed by atoms with Gasteiger partial charge >= 0.3 is 0 Å². The van der Waals surface area contributed by atoms with Crippen molar-refractivity contribution in [1.82, 2.24) is 0 Å². The zero-order valence-electron chi connectivity index (χ0n) is 13.7. The van der Waals surface area contributed by atoms with Gasteiger partial charge in [0.1, 0.15) is 0 Å². The van der Waals surface area contributed by atoms with Gasteiger partial charge in [-0.2, -0.15) is 0 Å². The van der Waals surface area contributed by atoms with E-state index in [1.54, 1.807) is 0 Å². The number of ether oxygens (including phenoxy) is 1. The molecule has 2 N–H and O–H groups in total. The average molecular weight is 284 g/mol. The summed E-state index contributed by atoms with van der Waals surface area (Å²) in [7, 11) is 0. The van der Waals surface area contributed by atoms with Crippen molar-refractivity contribution in [3.8, 4) is 0 Å². The summed E-state index contributed by atoms with van der Waals surface area (Å²) in [6.07, 6.45) is 20.7. The van der Waals surface area contributed by atoms with Crippen LogP contribution in [-0.2, 0) is 4.74 Å². The zero-order valence-corrected chi connectivity index (χ0v) is 13.7. The molecule has 0 aromatic rings. The Hall–Kier alpha value is -0.0800. The van der Waals surface area contributed by atoms with Crippen LogP contribution in [0.3, 0.4) is 0 Å². The molecule has 0 radical (unpaired) electrons. The van der Waals surface area contributed by atoms with E-state index in [9.17, 15) is 0 Å². The van der Waals surface area contributed by atoms with Crippen molar-refractivity contribution >= 4 is 0 Å². The predicted octanol–water partition coefficient (Wildman–Crippen LogP) is 5.19. The minimum atomic E-state index is 0.396. The molecule has 1 rings (SSSR count). The third-order valence-corrected chi connectivity index (χ3v) is 4.51. The van der Waals surface area contributed by atoms with E-state index in [2.05, 4.69) is 6.92 Å². The van der Waals surface area contributed by atoms with E-state index in [0.29, 0.717) is 18.8 Å². The second-order valence-corrected chi connectivity index (χ2v) is 6.48. The topological polar surface area (TPSA) is 38.5 Å². The molecule has 0 amide bonds. The van der Waals surface area contributed by atoms with Crippen LogP contribution in [0.2, 0.25) is 0 Å². The smallest absolute Gasteiger partial charge is 0.0963 e. The molecule has 1 fully saturated rings. The van der Waals surface area contributed by atoms with Gasteiger partial charge in [-0.3, -0.25) is 0 Å². The van der Waals surface area contributed by atoms with Crippen LogP contribution < -0.4 is 5.73 Å². The van der Waals surface area contributed by atoms with Crippen LogP contribution >= 0.6 is 0 Å². The molecule has 1 heterocycles. The molecule has 0 aromatic heterocycles. The summed E-state index contributed by atoms with van der Waals surface area (Å²) in [5.41, 5.74) is 5.54. The van der Waals surface area contributed by atoms with Gasteiger partial charge < -0.3 is 10.5 Å². The molecular formula is C18H37NO. The molecule has 0 aromatic carbocycles. The molecule has 0 bridgehead atoms. The molecular weight excluding hydrogens is 246 g/mol. The Morgan fingerprint density at radius 1 is 0.650 bits per heavy atom. The third kappa shape index (κ3) is 9.77. The van der Waals surface area contributed by atoms with E-state index in [0.717, 1.165) is 0 Å². The molecule has 2 unspecified atom stereocenters. The minimum Gasteiger partial charge on any atom is -0.368 e. The number of unbranched alkanes of at least 4 members (excludes halogenated alkanes) is 12. The molecule has 2 atom stereocenters. The SMILES string of the molecule is CCCCCCCCCCCCCCCC1OC1CN. The van der Waals surface area contributed by atoms with Gasteiger partial charge in [0.05, 0.1) is 12.2 Å². The summed E-state index contributed by atoms with van der Waals surface area (Å²) in [6, 6.07) is 0. The molecule has 2 heteroatoms. The molecule has 2 nitrogen and oxygen atoms in total. The van der Waals surface area contributed by atoms with Crippen molar-refractivity contribution in [2.24, 2.45) is 5.73 Å². The van der Waals surface area contributed by atoms with Crippen LogP contribution in [0.15, 0.2) is 0 Å². The van der Waals surface area contributed by atoms with Crippen molar-refractivity contribution in [3.05, 3.63) is 0 Å².